The summed E-state index contributed by atoms with van der Waals surface area (Å²) in [5.41, 5.74) is 0.717. The van der Waals surface area contributed by atoms with Crippen LogP contribution in [-0.4, -0.2) is 39.8 Å². The molecule has 0 saturated carbocycles. The Bertz CT molecular complexity index is 830. The van der Waals surface area contributed by atoms with Crippen molar-refractivity contribution in [3.05, 3.63) is 64.0 Å². The molecule has 0 fully saturated rings. The molecule has 27 heavy (non-hydrogen) atoms. The van der Waals surface area contributed by atoms with Crippen LogP contribution in [0.5, 0.6) is 5.75 Å². The molecular formula is C18H19N3O6. The lowest BCUT2D eigenvalue weighted by Gasteiger charge is -2.41. The normalized spacial score (nSPS) is 23.8. The van der Waals surface area contributed by atoms with Crippen molar-refractivity contribution < 1.29 is 24.3 Å². The van der Waals surface area contributed by atoms with Gasteiger partial charge in [0.25, 0.3) is 5.70 Å². The summed E-state index contributed by atoms with van der Waals surface area (Å²) in [6.45, 7) is 3.69. The molecule has 2 aliphatic heterocycles. The SMILES string of the molecule is CCOC(=O)OC1N=C2C=CC([N+](=O)[O-])=CN2C(c2ccc(O)cc2)C1C. The summed E-state index contributed by atoms with van der Waals surface area (Å²) >= 11 is 0. The standard InChI is InChI=1S/C18H19N3O6/c1-3-26-18(23)27-17-11(2)16(12-4-7-14(22)8-5-12)20-10-13(21(24)25)6-9-15(20)19-17/h4-11,16-17,22H,3H2,1-2H3. The number of nitrogens with zero attached hydrogens (tertiary/aromatic N) is 3. The summed E-state index contributed by atoms with van der Waals surface area (Å²) < 4.78 is 10.2. The average molecular weight is 373 g/mol. The van der Waals surface area contributed by atoms with Gasteiger partial charge in [0.05, 0.1) is 23.8 Å². The molecule has 3 unspecified atom stereocenters. The van der Waals surface area contributed by atoms with Gasteiger partial charge in [0, 0.05) is 12.0 Å². The first-order valence-electron chi connectivity index (χ1n) is 8.43. The second kappa shape index (κ2) is 7.48. The highest BCUT2D eigenvalue weighted by atomic mass is 16.7. The van der Waals surface area contributed by atoms with E-state index in [1.54, 1.807) is 24.0 Å². The van der Waals surface area contributed by atoms with Crippen LogP contribution in [0.15, 0.2) is 53.3 Å². The third kappa shape index (κ3) is 3.76. The number of ether oxygens (including phenoxy) is 2. The first-order valence-corrected chi connectivity index (χ1v) is 8.43. The molecule has 9 heteroatoms. The summed E-state index contributed by atoms with van der Waals surface area (Å²) in [6, 6.07) is 6.12. The fourth-order valence-electron chi connectivity index (χ4n) is 3.12. The molecule has 0 aromatic heterocycles. The zero-order chi connectivity index (χ0) is 19.6. The van der Waals surface area contributed by atoms with Crippen molar-refractivity contribution in [3.8, 4) is 5.75 Å². The summed E-state index contributed by atoms with van der Waals surface area (Å²) in [4.78, 5) is 28.6. The van der Waals surface area contributed by atoms with Crippen LogP contribution in [0.4, 0.5) is 4.79 Å². The number of allylic oxidation sites excluding steroid dienone is 1. The first kappa shape index (κ1) is 18.4. The van der Waals surface area contributed by atoms with Gasteiger partial charge in [0.1, 0.15) is 11.6 Å². The van der Waals surface area contributed by atoms with Gasteiger partial charge in [-0.05, 0) is 30.7 Å². The molecule has 2 aliphatic rings. The molecule has 9 nitrogen and oxygen atoms in total. The van der Waals surface area contributed by atoms with E-state index in [0.29, 0.717) is 5.84 Å². The van der Waals surface area contributed by atoms with E-state index < -0.39 is 23.3 Å². The number of hydrogen-bond donors (Lipinski definition) is 1. The van der Waals surface area contributed by atoms with Crippen LogP contribution in [0, 0.1) is 16.0 Å². The van der Waals surface area contributed by atoms with E-state index >= 15 is 0 Å². The highest BCUT2D eigenvalue weighted by Gasteiger charge is 2.40. The van der Waals surface area contributed by atoms with Crippen molar-refractivity contribution in [2.75, 3.05) is 6.61 Å². The van der Waals surface area contributed by atoms with E-state index in [1.807, 2.05) is 6.92 Å². The lowest BCUT2D eigenvalue weighted by molar-refractivity contribution is -0.420. The zero-order valence-electron chi connectivity index (χ0n) is 14.8. The van der Waals surface area contributed by atoms with Crippen LogP contribution in [0.2, 0.25) is 0 Å². The molecule has 0 radical (unpaired) electrons. The van der Waals surface area contributed by atoms with E-state index in [4.69, 9.17) is 9.47 Å². The molecule has 0 amide bonds. The van der Waals surface area contributed by atoms with Gasteiger partial charge in [-0.15, -0.1) is 0 Å². The topological polar surface area (TPSA) is 114 Å². The number of amidine groups is 1. The Morgan fingerprint density at radius 1 is 1.33 bits per heavy atom. The largest absolute Gasteiger partial charge is 0.510 e. The van der Waals surface area contributed by atoms with Crippen LogP contribution < -0.4 is 0 Å². The molecule has 3 atom stereocenters. The van der Waals surface area contributed by atoms with Crippen LogP contribution >= 0.6 is 0 Å². The minimum atomic E-state index is -0.821. The number of aromatic hydroxyl groups is 1. The fraction of sp³-hybridized carbons (Fsp3) is 0.333. The lowest BCUT2D eigenvalue weighted by Crippen LogP contribution is -2.45. The monoisotopic (exact) mass is 373 g/mol. The fourth-order valence-corrected chi connectivity index (χ4v) is 3.12. The molecule has 2 heterocycles. The van der Waals surface area contributed by atoms with Crippen molar-refractivity contribution in [1.29, 1.82) is 0 Å². The zero-order valence-corrected chi connectivity index (χ0v) is 14.8. The number of carbonyl (C=O) groups is 1. The van der Waals surface area contributed by atoms with Gasteiger partial charge in [-0.1, -0.05) is 19.1 Å². The second-order valence-corrected chi connectivity index (χ2v) is 6.13. The summed E-state index contributed by atoms with van der Waals surface area (Å²) in [5, 5.41) is 20.7. The number of aliphatic imine (C=N–C) groups is 1. The minimum Gasteiger partial charge on any atom is -0.508 e. The molecule has 3 rings (SSSR count). The van der Waals surface area contributed by atoms with E-state index in [9.17, 15) is 20.0 Å². The van der Waals surface area contributed by atoms with Crippen molar-refractivity contribution in [3.63, 3.8) is 0 Å². The molecule has 142 valence electrons. The quantitative estimate of drug-likeness (QED) is 0.490. The maximum absolute atomic E-state index is 11.8. The number of rotatable bonds is 4. The first-order chi connectivity index (χ1) is 12.9. The van der Waals surface area contributed by atoms with Crippen LogP contribution in [0.1, 0.15) is 25.5 Å². The summed E-state index contributed by atoms with van der Waals surface area (Å²) in [7, 11) is 0. The number of nitro groups is 1. The Balaban J connectivity index is 2.01. The molecule has 0 saturated heterocycles. The van der Waals surface area contributed by atoms with Crippen molar-refractivity contribution in [2.24, 2.45) is 10.9 Å². The third-order valence-electron chi connectivity index (χ3n) is 4.37. The van der Waals surface area contributed by atoms with Gasteiger partial charge in [-0.25, -0.2) is 9.79 Å². The van der Waals surface area contributed by atoms with Gasteiger partial charge < -0.3 is 19.5 Å². The highest BCUT2D eigenvalue weighted by Crippen LogP contribution is 2.39. The number of carbonyl (C=O) groups excluding carboxylic acids is 1. The Labute approximate surface area is 155 Å². The van der Waals surface area contributed by atoms with Crippen molar-refractivity contribution in [2.45, 2.75) is 26.1 Å². The molecule has 1 aromatic rings. The van der Waals surface area contributed by atoms with Gasteiger partial charge in [-0.3, -0.25) is 10.1 Å². The maximum Gasteiger partial charge on any atom is 0.510 e. The van der Waals surface area contributed by atoms with E-state index in [-0.39, 0.29) is 24.0 Å². The predicted octanol–water partition coefficient (Wildman–Crippen LogP) is 2.97. The van der Waals surface area contributed by atoms with Crippen LogP contribution in [-0.2, 0) is 9.47 Å². The second-order valence-electron chi connectivity index (χ2n) is 6.13. The Hall–Kier alpha value is -3.36. The van der Waals surface area contributed by atoms with E-state index in [1.165, 1.54) is 30.5 Å². The van der Waals surface area contributed by atoms with Gasteiger partial charge in [-0.2, -0.15) is 0 Å². The lowest BCUT2D eigenvalue weighted by atomic mass is 9.89. The predicted molar refractivity (Wildman–Crippen MR) is 95.4 cm³/mol. The number of phenolic OH excluding ortho intramolecular Hbond substituents is 1. The summed E-state index contributed by atoms with van der Waals surface area (Å²) in [5.74, 6) is 0.208. The smallest absolute Gasteiger partial charge is 0.508 e. The number of benzene rings is 1. The molecular weight excluding hydrogens is 354 g/mol. The van der Waals surface area contributed by atoms with Crippen LogP contribution in [0.25, 0.3) is 0 Å². The highest BCUT2D eigenvalue weighted by molar-refractivity contribution is 5.96. The van der Waals surface area contributed by atoms with E-state index in [2.05, 4.69) is 4.99 Å². The van der Waals surface area contributed by atoms with Crippen molar-refractivity contribution >= 4 is 12.0 Å². The van der Waals surface area contributed by atoms with Crippen molar-refractivity contribution in [1.82, 2.24) is 4.90 Å². The minimum absolute atomic E-state index is 0.0744. The number of fused-ring (bicyclic) bond motifs is 1. The Morgan fingerprint density at radius 3 is 2.67 bits per heavy atom. The maximum atomic E-state index is 11.8. The van der Waals surface area contributed by atoms with E-state index in [0.717, 1.165) is 5.56 Å². The molecule has 1 aromatic carbocycles. The van der Waals surface area contributed by atoms with Gasteiger partial charge in [0.15, 0.2) is 0 Å². The van der Waals surface area contributed by atoms with Gasteiger partial charge in [0.2, 0.25) is 6.23 Å². The number of phenols is 1. The molecule has 0 spiro atoms. The Kier molecular flexibility index (Phi) is 5.11. The Morgan fingerprint density at radius 2 is 2.04 bits per heavy atom. The molecule has 0 bridgehead atoms. The van der Waals surface area contributed by atoms with Crippen LogP contribution in [0.3, 0.4) is 0 Å². The summed E-state index contributed by atoms with van der Waals surface area (Å²) in [6.07, 6.45) is 2.63. The molecule has 1 N–H and O–H groups in total. The molecule has 0 aliphatic carbocycles. The third-order valence-corrected chi connectivity index (χ3v) is 4.37. The average Bonchev–Trinajstić information content (AvgIpc) is 2.63. The van der Waals surface area contributed by atoms with Gasteiger partial charge >= 0.3 is 6.16 Å². The number of hydrogen-bond acceptors (Lipinski definition) is 8.